The molecule has 0 saturated carbocycles. The van der Waals surface area contributed by atoms with E-state index in [0.717, 1.165) is 11.3 Å². The van der Waals surface area contributed by atoms with Gasteiger partial charge in [0.15, 0.2) is 0 Å². The number of carbonyl (C=O) groups is 2. The molecule has 1 aromatic carbocycles. The number of benzene rings is 1. The summed E-state index contributed by atoms with van der Waals surface area (Å²) in [5, 5.41) is 29.9. The van der Waals surface area contributed by atoms with Gasteiger partial charge in [0.1, 0.15) is 6.04 Å². The molecule has 4 N–H and O–H groups in total. The van der Waals surface area contributed by atoms with Crippen molar-refractivity contribution in [1.82, 2.24) is 5.32 Å². The van der Waals surface area contributed by atoms with Gasteiger partial charge in [-0.3, -0.25) is 0 Å². The molecule has 8 nitrogen and oxygen atoms in total. The fourth-order valence-electron chi connectivity index (χ4n) is 2.49. The summed E-state index contributed by atoms with van der Waals surface area (Å²) in [6.45, 7) is 4.20. The Balaban J connectivity index is 2.90. The van der Waals surface area contributed by atoms with Gasteiger partial charge in [-0.25, -0.2) is 9.59 Å². The number of carbonyl (C=O) groups excluding carboxylic acids is 1. The van der Waals surface area contributed by atoms with Crippen LogP contribution in [0.25, 0.3) is 0 Å². The Morgan fingerprint density at radius 2 is 1.72 bits per heavy atom. The van der Waals surface area contributed by atoms with Crippen molar-refractivity contribution in [3.05, 3.63) is 29.8 Å². The van der Waals surface area contributed by atoms with Crippen LogP contribution >= 0.6 is 0 Å². The number of nitrogens with zero attached hydrogens (tertiary/aromatic N) is 1. The molecule has 2 unspecified atom stereocenters. The number of hydrogen-bond acceptors (Lipinski definition) is 6. The van der Waals surface area contributed by atoms with Gasteiger partial charge in [0.25, 0.3) is 0 Å². The van der Waals surface area contributed by atoms with Gasteiger partial charge < -0.3 is 30.3 Å². The van der Waals surface area contributed by atoms with Crippen LogP contribution in [0.4, 0.5) is 10.5 Å². The first kappa shape index (κ1) is 20.7. The number of carboxylic acid groups (broad SMARTS) is 1. The Labute approximate surface area is 147 Å². The lowest BCUT2D eigenvalue weighted by Gasteiger charge is -2.25. The molecule has 0 aliphatic heterocycles. The van der Waals surface area contributed by atoms with E-state index < -0.39 is 24.0 Å². The Morgan fingerprint density at radius 3 is 2.16 bits per heavy atom. The van der Waals surface area contributed by atoms with Gasteiger partial charge in [-0.15, -0.1) is 0 Å². The highest BCUT2D eigenvalue weighted by molar-refractivity contribution is 5.81. The lowest BCUT2D eigenvalue weighted by Crippen LogP contribution is -2.44. The number of ether oxygens (including phenoxy) is 1. The van der Waals surface area contributed by atoms with Crippen molar-refractivity contribution >= 4 is 17.7 Å². The zero-order chi connectivity index (χ0) is 18.8. The zero-order valence-electron chi connectivity index (χ0n) is 14.5. The quantitative estimate of drug-likeness (QED) is 0.490. The Bertz CT molecular complexity index is 543. The minimum atomic E-state index is -1.15. The van der Waals surface area contributed by atoms with Gasteiger partial charge in [-0.2, -0.15) is 0 Å². The maximum atomic E-state index is 11.5. The highest BCUT2D eigenvalue weighted by atomic mass is 16.5. The van der Waals surface area contributed by atoms with Crippen LogP contribution < -0.4 is 10.2 Å². The van der Waals surface area contributed by atoms with E-state index in [4.69, 9.17) is 14.9 Å². The van der Waals surface area contributed by atoms with E-state index in [2.05, 4.69) is 5.32 Å². The standard InChI is InChI=1S/C17H26N2O6/c1-3-25-17(24)18-15(16(22)23)12(2)13-4-6-14(7-5-13)19(8-10-20)9-11-21/h4-7,12,15,20-21H,3,8-11H2,1-2H3,(H,18,24)(H,22,23). The molecule has 0 aliphatic rings. The Morgan fingerprint density at radius 1 is 1.16 bits per heavy atom. The van der Waals surface area contributed by atoms with Crippen molar-refractivity contribution < 1.29 is 29.6 Å². The van der Waals surface area contributed by atoms with E-state index in [9.17, 15) is 14.7 Å². The van der Waals surface area contributed by atoms with Crippen LogP contribution in [0, 0.1) is 0 Å². The number of aliphatic hydroxyl groups is 2. The Hall–Kier alpha value is -2.32. The molecule has 140 valence electrons. The molecule has 0 bridgehead atoms. The molecule has 8 heteroatoms. The van der Waals surface area contributed by atoms with Crippen molar-refractivity contribution in [2.45, 2.75) is 25.8 Å². The Kier molecular flexibility index (Phi) is 8.73. The van der Waals surface area contributed by atoms with E-state index in [1.54, 1.807) is 38.1 Å². The van der Waals surface area contributed by atoms with Crippen molar-refractivity contribution in [3.63, 3.8) is 0 Å². The average molecular weight is 354 g/mol. The molecule has 1 amide bonds. The van der Waals surface area contributed by atoms with Crippen molar-refractivity contribution in [1.29, 1.82) is 0 Å². The minimum Gasteiger partial charge on any atom is -0.480 e. The highest BCUT2D eigenvalue weighted by Gasteiger charge is 2.28. The summed E-state index contributed by atoms with van der Waals surface area (Å²) < 4.78 is 4.75. The van der Waals surface area contributed by atoms with Crippen molar-refractivity contribution in [2.75, 3.05) is 37.8 Å². The molecule has 0 aromatic heterocycles. The predicted octanol–water partition coefficient (Wildman–Crippen LogP) is 0.780. The molecule has 2 atom stereocenters. The molecule has 0 heterocycles. The summed E-state index contributed by atoms with van der Waals surface area (Å²) in [6, 6.07) is 6.01. The van der Waals surface area contributed by atoms with Crippen molar-refractivity contribution in [2.24, 2.45) is 0 Å². The van der Waals surface area contributed by atoms with Gasteiger partial charge in [0.05, 0.1) is 19.8 Å². The van der Waals surface area contributed by atoms with E-state index in [1.807, 2.05) is 4.90 Å². The van der Waals surface area contributed by atoms with E-state index in [0.29, 0.717) is 13.1 Å². The first-order chi connectivity index (χ1) is 11.9. The fourth-order valence-corrected chi connectivity index (χ4v) is 2.49. The average Bonchev–Trinajstić information content (AvgIpc) is 2.59. The molecular formula is C17H26N2O6. The third kappa shape index (κ3) is 6.24. The number of alkyl carbamates (subject to hydrolysis) is 1. The maximum absolute atomic E-state index is 11.5. The first-order valence-corrected chi connectivity index (χ1v) is 8.17. The third-order valence-corrected chi connectivity index (χ3v) is 3.84. The molecule has 0 aliphatic carbocycles. The SMILES string of the molecule is CCOC(=O)NC(C(=O)O)C(C)c1ccc(N(CCO)CCO)cc1. The smallest absolute Gasteiger partial charge is 0.407 e. The van der Waals surface area contributed by atoms with Crippen LogP contribution in [0.15, 0.2) is 24.3 Å². The monoisotopic (exact) mass is 354 g/mol. The van der Waals surface area contributed by atoms with E-state index in [1.165, 1.54) is 0 Å². The molecule has 1 rings (SSSR count). The second-order valence-corrected chi connectivity index (χ2v) is 5.50. The number of anilines is 1. The second-order valence-electron chi connectivity index (χ2n) is 5.50. The number of carboxylic acids is 1. The first-order valence-electron chi connectivity index (χ1n) is 8.17. The van der Waals surface area contributed by atoms with Gasteiger partial charge in [-0.1, -0.05) is 19.1 Å². The topological polar surface area (TPSA) is 119 Å². The summed E-state index contributed by atoms with van der Waals surface area (Å²) >= 11 is 0. The van der Waals surface area contributed by atoms with Crippen LogP contribution in [0.5, 0.6) is 0 Å². The normalized spacial score (nSPS) is 13.0. The maximum Gasteiger partial charge on any atom is 0.407 e. The molecule has 0 fully saturated rings. The number of nitrogens with one attached hydrogen (secondary N) is 1. The number of rotatable bonds is 10. The van der Waals surface area contributed by atoms with Crippen LogP contribution in [0.1, 0.15) is 25.3 Å². The third-order valence-electron chi connectivity index (χ3n) is 3.84. The van der Waals surface area contributed by atoms with Gasteiger partial charge >= 0.3 is 12.1 Å². The fraction of sp³-hybridized carbons (Fsp3) is 0.529. The molecule has 1 aromatic rings. The van der Waals surface area contributed by atoms with Gasteiger partial charge in [-0.05, 0) is 24.6 Å². The molecule has 25 heavy (non-hydrogen) atoms. The van der Waals surface area contributed by atoms with Crippen molar-refractivity contribution in [3.8, 4) is 0 Å². The number of amides is 1. The number of aliphatic carboxylic acids is 1. The van der Waals surface area contributed by atoms with E-state index in [-0.39, 0.29) is 19.8 Å². The minimum absolute atomic E-state index is 0.0390. The van der Waals surface area contributed by atoms with Crippen LogP contribution in [-0.2, 0) is 9.53 Å². The van der Waals surface area contributed by atoms with Crippen LogP contribution in [-0.4, -0.2) is 66.3 Å². The second kappa shape index (κ2) is 10.5. The summed E-state index contributed by atoms with van der Waals surface area (Å²) in [4.78, 5) is 24.8. The zero-order valence-corrected chi connectivity index (χ0v) is 14.5. The van der Waals surface area contributed by atoms with Crippen LogP contribution in [0.2, 0.25) is 0 Å². The lowest BCUT2D eigenvalue weighted by molar-refractivity contribution is -0.139. The predicted molar refractivity (Wildman–Crippen MR) is 92.8 cm³/mol. The summed E-state index contributed by atoms with van der Waals surface area (Å²) in [7, 11) is 0. The molecular weight excluding hydrogens is 328 g/mol. The largest absolute Gasteiger partial charge is 0.480 e. The summed E-state index contributed by atoms with van der Waals surface area (Å²) in [6.07, 6.45) is -0.768. The van der Waals surface area contributed by atoms with Gasteiger partial charge in [0, 0.05) is 24.7 Å². The number of hydrogen-bond donors (Lipinski definition) is 4. The summed E-state index contributed by atoms with van der Waals surface area (Å²) in [5.41, 5.74) is 1.55. The highest BCUT2D eigenvalue weighted by Crippen LogP contribution is 2.23. The molecule has 0 radical (unpaired) electrons. The van der Waals surface area contributed by atoms with E-state index >= 15 is 0 Å². The van der Waals surface area contributed by atoms with Gasteiger partial charge in [0.2, 0.25) is 0 Å². The summed E-state index contributed by atoms with van der Waals surface area (Å²) in [5.74, 6) is -1.62. The molecule has 0 saturated heterocycles. The van der Waals surface area contributed by atoms with Crippen LogP contribution in [0.3, 0.4) is 0 Å². The number of aliphatic hydroxyl groups excluding tert-OH is 2. The lowest BCUT2D eigenvalue weighted by atomic mass is 9.93. The molecule has 0 spiro atoms.